The summed E-state index contributed by atoms with van der Waals surface area (Å²) >= 11 is 5.66. The molecule has 0 bridgehead atoms. The van der Waals surface area contributed by atoms with Crippen molar-refractivity contribution in [2.75, 3.05) is 6.56 Å². The smallest absolute Gasteiger partial charge is 0.317 e. The minimum Gasteiger partial charge on any atom is -0.464 e. The fourth-order valence-corrected chi connectivity index (χ4v) is 0.622. The first-order valence-corrected chi connectivity index (χ1v) is 3.19. The van der Waals surface area contributed by atoms with Gasteiger partial charge in [0, 0.05) is 15.9 Å². The van der Waals surface area contributed by atoms with E-state index in [2.05, 4.69) is 14.7 Å². The van der Waals surface area contributed by atoms with Gasteiger partial charge in [-0.15, -0.1) is 0 Å². The quantitative estimate of drug-likeness (QED) is 0.647. The molecule has 0 radical (unpaired) electrons. The predicted octanol–water partition coefficient (Wildman–Crippen LogP) is 1.84. The Labute approximate surface area is 77.4 Å². The van der Waals surface area contributed by atoms with Crippen molar-refractivity contribution in [3.05, 3.63) is 16.9 Å². The third-order valence-corrected chi connectivity index (χ3v) is 1.41. The summed E-state index contributed by atoms with van der Waals surface area (Å²) in [7, 11) is 0. The number of hydrogen-bond acceptors (Lipinski definition) is 3. The van der Waals surface area contributed by atoms with E-state index in [-0.39, 0.29) is 5.15 Å². The molecule has 0 aliphatic rings. The van der Waals surface area contributed by atoms with Gasteiger partial charge >= 0.3 is 6.01 Å². The highest BCUT2D eigenvalue weighted by Crippen LogP contribution is 2.13. The lowest BCUT2D eigenvalue weighted by Crippen LogP contribution is -1.97. The van der Waals surface area contributed by atoms with E-state index in [9.17, 15) is 0 Å². The normalized spacial score (nSPS) is 18.9. The molecule has 1 heterocycles. The molecule has 0 N–H and O–H groups in total. The Morgan fingerprint density at radius 3 is 3.36 bits per heavy atom. The predicted molar refractivity (Wildman–Crippen MR) is 42.9 cm³/mol. The topological polar surface area (TPSA) is 35.0 Å². The molecule has 1 aromatic heterocycles. The van der Waals surface area contributed by atoms with E-state index in [0.29, 0.717) is 5.56 Å². The van der Waals surface area contributed by atoms with Gasteiger partial charge in [0.15, 0.2) is 0 Å². The fourth-order valence-electron chi connectivity index (χ4n) is 0.501. The lowest BCUT2D eigenvalue weighted by Gasteiger charge is -2.00. The number of aryl methyl sites for hydroxylation is 1. The van der Waals surface area contributed by atoms with Gasteiger partial charge in [-0.05, 0) is 13.8 Å². The first kappa shape index (κ1) is 3.72. The highest BCUT2D eigenvalue weighted by molar-refractivity contribution is 6.30. The Morgan fingerprint density at radius 2 is 2.73 bits per heavy atom. The van der Waals surface area contributed by atoms with Crippen LogP contribution in [0.3, 0.4) is 0 Å². The van der Waals surface area contributed by atoms with Gasteiger partial charge in [0.05, 0.1) is 9.30 Å². The molecule has 1 rings (SSSR count). The Kier molecular flexibility index (Phi) is 1.19. The molecule has 0 atom stereocenters. The van der Waals surface area contributed by atoms with E-state index in [4.69, 9.17) is 18.5 Å². The highest BCUT2D eigenvalue weighted by atomic mass is 35.5. The first-order chi connectivity index (χ1) is 7.13. The molecule has 3 nitrogen and oxygen atoms in total. The summed E-state index contributed by atoms with van der Waals surface area (Å²) in [5, 5.41) is 0.0892. The maximum atomic E-state index is 7.20. The van der Waals surface area contributed by atoms with Crippen LogP contribution in [-0.4, -0.2) is 16.5 Å². The number of aromatic nitrogens is 2. The van der Waals surface area contributed by atoms with Crippen molar-refractivity contribution in [3.63, 3.8) is 0 Å². The van der Waals surface area contributed by atoms with E-state index in [1.807, 2.05) is 0 Å². The second-order valence-corrected chi connectivity index (χ2v) is 2.19. The van der Waals surface area contributed by atoms with Crippen molar-refractivity contribution < 1.29 is 11.6 Å². The van der Waals surface area contributed by atoms with Crippen LogP contribution in [-0.2, 0) is 0 Å². The van der Waals surface area contributed by atoms with Crippen LogP contribution in [0.15, 0.2) is 6.20 Å². The molecule has 0 unspecified atom stereocenters. The van der Waals surface area contributed by atoms with Crippen LogP contribution < -0.4 is 4.74 Å². The van der Waals surface area contributed by atoms with Gasteiger partial charge in [-0.3, -0.25) is 0 Å². The minimum absolute atomic E-state index is 0.0892. The maximum absolute atomic E-state index is 7.20. The summed E-state index contributed by atoms with van der Waals surface area (Å²) in [5.74, 6) is 0. The van der Waals surface area contributed by atoms with Crippen molar-refractivity contribution in [3.8, 4) is 6.01 Å². The summed E-state index contributed by atoms with van der Waals surface area (Å²) in [6.07, 6.45) is 1.32. The SMILES string of the molecule is [2H]C([2H])([2H])C([2H])([2H])Oc1ncc(C)c(Cl)n1. The summed E-state index contributed by atoms with van der Waals surface area (Å²) in [6, 6.07) is -0.406. The standard InChI is InChI=1S/C7H9ClN2O/c1-3-11-7-9-4-5(2)6(8)10-7/h4H,3H2,1-2H3/i1D3,3D2. The van der Waals surface area contributed by atoms with Gasteiger partial charge in [0.25, 0.3) is 0 Å². The molecule has 0 fully saturated rings. The molecule has 0 aliphatic heterocycles. The van der Waals surface area contributed by atoms with Crippen LogP contribution in [0.25, 0.3) is 0 Å². The molecular formula is C7H9ClN2O. The first-order valence-electron chi connectivity index (χ1n) is 5.31. The van der Waals surface area contributed by atoms with Gasteiger partial charge in [-0.1, -0.05) is 11.6 Å². The molecular weight excluding hydrogens is 164 g/mol. The number of halogens is 1. The zero-order valence-electron chi connectivity index (χ0n) is 10.8. The Hall–Kier alpha value is -0.830. The molecule has 0 spiro atoms. The van der Waals surface area contributed by atoms with E-state index in [1.54, 1.807) is 6.92 Å². The zero-order chi connectivity index (χ0) is 12.6. The molecule has 0 amide bonds. The Bertz CT molecular complexity index is 395. The Balaban J connectivity index is 2.93. The molecule has 0 saturated carbocycles. The minimum atomic E-state index is -2.92. The third kappa shape index (κ3) is 2.05. The van der Waals surface area contributed by atoms with Crippen LogP contribution in [0.5, 0.6) is 6.01 Å². The summed E-state index contributed by atoms with van der Waals surface area (Å²) in [5.41, 5.74) is 0.587. The fraction of sp³-hybridized carbons (Fsp3) is 0.429. The van der Waals surface area contributed by atoms with Gasteiger partial charge in [-0.25, -0.2) is 4.98 Å². The van der Waals surface area contributed by atoms with E-state index in [0.717, 1.165) is 0 Å². The lowest BCUT2D eigenvalue weighted by atomic mass is 10.4. The average Bonchev–Trinajstić information content (AvgIpc) is 2.09. The molecule has 4 heteroatoms. The van der Waals surface area contributed by atoms with Crippen molar-refractivity contribution in [2.45, 2.75) is 13.8 Å². The van der Waals surface area contributed by atoms with E-state index in [1.165, 1.54) is 6.20 Å². The van der Waals surface area contributed by atoms with Crippen LogP contribution in [0.1, 0.15) is 19.3 Å². The van der Waals surface area contributed by atoms with Crippen LogP contribution in [0.2, 0.25) is 5.15 Å². The van der Waals surface area contributed by atoms with E-state index < -0.39 is 19.4 Å². The van der Waals surface area contributed by atoms with Gasteiger partial charge < -0.3 is 4.74 Å². The average molecular weight is 178 g/mol. The molecule has 0 saturated heterocycles. The largest absolute Gasteiger partial charge is 0.464 e. The molecule has 60 valence electrons. The van der Waals surface area contributed by atoms with Crippen LogP contribution in [0.4, 0.5) is 0 Å². The summed E-state index contributed by atoms with van der Waals surface area (Å²) in [6.45, 7) is -4.12. The lowest BCUT2D eigenvalue weighted by molar-refractivity contribution is 0.312. The van der Waals surface area contributed by atoms with Gasteiger partial charge in [-0.2, -0.15) is 4.98 Å². The van der Waals surface area contributed by atoms with Crippen molar-refractivity contribution in [2.24, 2.45) is 0 Å². The number of rotatable bonds is 2. The summed E-state index contributed by atoms with van der Waals surface area (Å²) in [4.78, 5) is 7.24. The van der Waals surface area contributed by atoms with Crippen molar-refractivity contribution in [1.82, 2.24) is 9.97 Å². The third-order valence-electron chi connectivity index (χ3n) is 1.03. The van der Waals surface area contributed by atoms with Crippen molar-refractivity contribution in [1.29, 1.82) is 0 Å². The molecule has 1 aromatic rings. The molecule has 0 aromatic carbocycles. The van der Waals surface area contributed by atoms with Gasteiger partial charge in [0.2, 0.25) is 0 Å². The monoisotopic (exact) mass is 177 g/mol. The second kappa shape index (κ2) is 3.53. The Morgan fingerprint density at radius 1 is 1.91 bits per heavy atom. The zero-order valence-corrected chi connectivity index (χ0v) is 6.51. The number of ether oxygens (including phenoxy) is 1. The van der Waals surface area contributed by atoms with Crippen LogP contribution in [0, 0.1) is 6.92 Å². The van der Waals surface area contributed by atoms with Gasteiger partial charge in [0.1, 0.15) is 5.15 Å². The molecule has 0 aliphatic carbocycles. The number of hydrogen-bond donors (Lipinski definition) is 0. The second-order valence-electron chi connectivity index (χ2n) is 1.83. The molecule has 11 heavy (non-hydrogen) atoms. The van der Waals surface area contributed by atoms with Crippen molar-refractivity contribution >= 4 is 11.6 Å². The highest BCUT2D eigenvalue weighted by Gasteiger charge is 1.99. The maximum Gasteiger partial charge on any atom is 0.317 e. The van der Waals surface area contributed by atoms with E-state index >= 15 is 0 Å². The summed E-state index contributed by atoms with van der Waals surface area (Å²) < 4.78 is 39.7. The number of nitrogens with zero attached hydrogens (tertiary/aromatic N) is 2. The van der Waals surface area contributed by atoms with Crippen LogP contribution >= 0.6 is 11.6 Å².